The lowest BCUT2D eigenvalue weighted by molar-refractivity contribution is 0.413. The Morgan fingerprint density at radius 1 is 1.18 bits per heavy atom. The Balaban J connectivity index is 0.00000108. The molecule has 0 spiro atoms. The number of H-pyrrole nitrogens is 1. The van der Waals surface area contributed by atoms with Crippen LogP contribution in [0.15, 0.2) is 24.3 Å². The van der Waals surface area contributed by atoms with Crippen molar-refractivity contribution in [2.45, 2.75) is 32.2 Å². The standard InChI is InChI=1S/C14H18N2.ClH/c1-10-14(13-8-4-5-9-15-13)11-6-2-3-7-12(11)16-10;/h2-3,6-7,13,15-16H,4-5,8-9H2,1H3;1H/t13-;/m0./s1. The van der Waals surface area contributed by atoms with Gasteiger partial charge in [-0.05, 0) is 37.9 Å². The van der Waals surface area contributed by atoms with E-state index in [0.717, 1.165) is 6.54 Å². The van der Waals surface area contributed by atoms with E-state index in [2.05, 4.69) is 41.5 Å². The lowest BCUT2D eigenvalue weighted by Gasteiger charge is -2.24. The molecule has 1 aliphatic heterocycles. The predicted octanol–water partition coefficient (Wildman–Crippen LogP) is 3.71. The van der Waals surface area contributed by atoms with Gasteiger partial charge < -0.3 is 10.3 Å². The van der Waals surface area contributed by atoms with Crippen LogP contribution < -0.4 is 5.32 Å². The topological polar surface area (TPSA) is 27.8 Å². The van der Waals surface area contributed by atoms with E-state index in [4.69, 9.17) is 0 Å². The Morgan fingerprint density at radius 2 is 2.00 bits per heavy atom. The summed E-state index contributed by atoms with van der Waals surface area (Å²) in [5.41, 5.74) is 4.07. The molecule has 2 aromatic rings. The van der Waals surface area contributed by atoms with Crippen molar-refractivity contribution in [2.24, 2.45) is 0 Å². The Morgan fingerprint density at radius 3 is 2.76 bits per heavy atom. The van der Waals surface area contributed by atoms with E-state index in [1.807, 2.05) is 0 Å². The molecule has 92 valence electrons. The number of halogens is 1. The largest absolute Gasteiger partial charge is 0.358 e. The zero-order valence-corrected chi connectivity index (χ0v) is 10.9. The molecule has 0 saturated carbocycles. The zero-order valence-electron chi connectivity index (χ0n) is 10.1. The molecule has 3 rings (SSSR count). The number of nitrogens with one attached hydrogen (secondary N) is 2. The van der Waals surface area contributed by atoms with Crippen LogP contribution in [0, 0.1) is 6.92 Å². The van der Waals surface area contributed by atoms with Crippen molar-refractivity contribution in [1.29, 1.82) is 0 Å². The van der Waals surface area contributed by atoms with Gasteiger partial charge in [-0.25, -0.2) is 0 Å². The van der Waals surface area contributed by atoms with Gasteiger partial charge in [0.2, 0.25) is 0 Å². The number of benzene rings is 1. The summed E-state index contributed by atoms with van der Waals surface area (Å²) in [4.78, 5) is 3.48. The van der Waals surface area contributed by atoms with Crippen molar-refractivity contribution in [3.63, 3.8) is 0 Å². The van der Waals surface area contributed by atoms with E-state index >= 15 is 0 Å². The highest BCUT2D eigenvalue weighted by atomic mass is 35.5. The van der Waals surface area contributed by atoms with Crippen LogP contribution in [0.1, 0.15) is 36.6 Å². The van der Waals surface area contributed by atoms with Gasteiger partial charge >= 0.3 is 0 Å². The van der Waals surface area contributed by atoms with E-state index in [-0.39, 0.29) is 12.4 Å². The molecule has 1 aromatic heterocycles. The van der Waals surface area contributed by atoms with Crippen molar-refractivity contribution in [3.05, 3.63) is 35.5 Å². The Bertz CT molecular complexity index is 498. The summed E-state index contributed by atoms with van der Waals surface area (Å²) < 4.78 is 0. The van der Waals surface area contributed by atoms with E-state index in [1.165, 1.54) is 41.4 Å². The van der Waals surface area contributed by atoms with Crippen LogP contribution in [0.3, 0.4) is 0 Å². The lowest BCUT2D eigenvalue weighted by atomic mass is 9.95. The smallest absolute Gasteiger partial charge is 0.0459 e. The van der Waals surface area contributed by atoms with Gasteiger partial charge in [0.05, 0.1) is 0 Å². The van der Waals surface area contributed by atoms with Crippen LogP contribution in [0.25, 0.3) is 10.9 Å². The van der Waals surface area contributed by atoms with Crippen LogP contribution in [0.4, 0.5) is 0 Å². The third kappa shape index (κ3) is 2.20. The molecule has 0 bridgehead atoms. The molecule has 17 heavy (non-hydrogen) atoms. The summed E-state index contributed by atoms with van der Waals surface area (Å²) in [6, 6.07) is 9.15. The number of rotatable bonds is 1. The molecule has 2 N–H and O–H groups in total. The van der Waals surface area contributed by atoms with E-state index in [9.17, 15) is 0 Å². The molecule has 1 atom stereocenters. The SMILES string of the molecule is Cc1[nH]c2ccccc2c1[C@@H]1CCCCN1.Cl. The molecule has 0 unspecified atom stereocenters. The number of aromatic nitrogens is 1. The van der Waals surface area contributed by atoms with Crippen LogP contribution >= 0.6 is 12.4 Å². The van der Waals surface area contributed by atoms with Gasteiger partial charge in [0, 0.05) is 22.6 Å². The molecule has 1 saturated heterocycles. The third-order valence-corrected chi connectivity index (χ3v) is 3.60. The third-order valence-electron chi connectivity index (χ3n) is 3.60. The quantitative estimate of drug-likeness (QED) is 0.793. The normalized spacial score (nSPS) is 20.2. The van der Waals surface area contributed by atoms with Gasteiger partial charge in [-0.3, -0.25) is 0 Å². The Kier molecular flexibility index (Phi) is 3.75. The van der Waals surface area contributed by atoms with Crippen LogP contribution in [0.5, 0.6) is 0 Å². The molecule has 0 aliphatic carbocycles. The maximum Gasteiger partial charge on any atom is 0.0459 e. The molecule has 1 aromatic carbocycles. The second-order valence-corrected chi connectivity index (χ2v) is 4.71. The minimum Gasteiger partial charge on any atom is -0.358 e. The average molecular weight is 251 g/mol. The minimum absolute atomic E-state index is 0. The molecule has 1 aliphatic rings. The van der Waals surface area contributed by atoms with E-state index < -0.39 is 0 Å². The molecule has 3 heteroatoms. The van der Waals surface area contributed by atoms with Crippen LogP contribution in [-0.4, -0.2) is 11.5 Å². The Hall–Kier alpha value is -0.990. The van der Waals surface area contributed by atoms with Crippen molar-refractivity contribution < 1.29 is 0 Å². The first-order chi connectivity index (χ1) is 7.86. The summed E-state index contributed by atoms with van der Waals surface area (Å²) in [6.45, 7) is 3.34. The minimum atomic E-state index is 0. The second kappa shape index (κ2) is 5.11. The fourth-order valence-electron chi connectivity index (χ4n) is 2.85. The highest BCUT2D eigenvalue weighted by Crippen LogP contribution is 2.31. The molecule has 1 fully saturated rings. The molecular weight excluding hydrogens is 232 g/mol. The zero-order chi connectivity index (χ0) is 11.0. The summed E-state index contributed by atoms with van der Waals surface area (Å²) in [6.07, 6.45) is 3.93. The van der Waals surface area contributed by atoms with Gasteiger partial charge in [-0.1, -0.05) is 24.6 Å². The molecule has 2 heterocycles. The average Bonchev–Trinajstić information content (AvgIpc) is 2.66. The first-order valence-electron chi connectivity index (χ1n) is 6.17. The first-order valence-corrected chi connectivity index (χ1v) is 6.17. The van der Waals surface area contributed by atoms with Crippen molar-refractivity contribution in [1.82, 2.24) is 10.3 Å². The van der Waals surface area contributed by atoms with E-state index in [1.54, 1.807) is 0 Å². The number of hydrogen-bond acceptors (Lipinski definition) is 1. The second-order valence-electron chi connectivity index (χ2n) is 4.71. The molecular formula is C14H19ClN2. The Labute approximate surface area is 108 Å². The number of para-hydroxylation sites is 1. The van der Waals surface area contributed by atoms with Crippen molar-refractivity contribution in [2.75, 3.05) is 6.54 Å². The summed E-state index contributed by atoms with van der Waals surface area (Å²) in [5.74, 6) is 0. The molecule has 0 amide bonds. The fourth-order valence-corrected chi connectivity index (χ4v) is 2.85. The molecule has 0 radical (unpaired) electrons. The summed E-state index contributed by atoms with van der Waals surface area (Å²) in [7, 11) is 0. The first kappa shape index (κ1) is 12.5. The van der Waals surface area contributed by atoms with Gasteiger partial charge in [-0.2, -0.15) is 0 Å². The van der Waals surface area contributed by atoms with Gasteiger partial charge in [0.25, 0.3) is 0 Å². The van der Waals surface area contributed by atoms with Crippen LogP contribution in [0.2, 0.25) is 0 Å². The van der Waals surface area contributed by atoms with Gasteiger partial charge in [0.1, 0.15) is 0 Å². The summed E-state index contributed by atoms with van der Waals surface area (Å²) in [5, 5.41) is 5.02. The number of fused-ring (bicyclic) bond motifs is 1. The van der Waals surface area contributed by atoms with E-state index in [0.29, 0.717) is 6.04 Å². The highest BCUT2D eigenvalue weighted by molar-refractivity contribution is 5.85. The lowest BCUT2D eigenvalue weighted by Crippen LogP contribution is -2.27. The fraction of sp³-hybridized carbons (Fsp3) is 0.429. The molecule has 2 nitrogen and oxygen atoms in total. The van der Waals surface area contributed by atoms with Crippen LogP contribution in [-0.2, 0) is 0 Å². The number of piperidine rings is 1. The van der Waals surface area contributed by atoms with Crippen molar-refractivity contribution >= 4 is 23.3 Å². The number of hydrogen-bond donors (Lipinski definition) is 2. The van der Waals surface area contributed by atoms with Crippen molar-refractivity contribution in [3.8, 4) is 0 Å². The maximum atomic E-state index is 3.63. The maximum absolute atomic E-state index is 3.63. The monoisotopic (exact) mass is 250 g/mol. The summed E-state index contributed by atoms with van der Waals surface area (Å²) >= 11 is 0. The highest BCUT2D eigenvalue weighted by Gasteiger charge is 2.20. The van der Waals surface area contributed by atoms with Gasteiger partial charge in [-0.15, -0.1) is 12.4 Å². The predicted molar refractivity (Wildman–Crippen MR) is 74.9 cm³/mol. The number of aromatic amines is 1. The van der Waals surface area contributed by atoms with Gasteiger partial charge in [0.15, 0.2) is 0 Å². The number of aryl methyl sites for hydroxylation is 1.